The standard InChI is InChI=1S/C14H19NO2.2C2H6/c1-11-3-5-13(6-4-11)17-14(16)15-9-7-12(2)8-10-15;2*1-2/h3-6,12H,7-10H2,1-2H3;2*1-2H3. The first-order valence-corrected chi connectivity index (χ1v) is 8.18. The Hall–Kier alpha value is -1.51. The van der Waals surface area contributed by atoms with Crippen molar-refractivity contribution in [1.82, 2.24) is 4.90 Å². The molecule has 1 amide bonds. The second-order valence-electron chi connectivity index (χ2n) is 4.85. The second-order valence-corrected chi connectivity index (χ2v) is 4.85. The summed E-state index contributed by atoms with van der Waals surface area (Å²) in [6.45, 7) is 13.9. The van der Waals surface area contributed by atoms with Crippen LogP contribution in [0.15, 0.2) is 24.3 Å². The minimum atomic E-state index is -0.222. The molecule has 0 N–H and O–H groups in total. The molecule has 120 valence electrons. The van der Waals surface area contributed by atoms with Crippen LogP contribution in [0.25, 0.3) is 0 Å². The third kappa shape index (κ3) is 7.16. The summed E-state index contributed by atoms with van der Waals surface area (Å²) in [6, 6.07) is 7.56. The Balaban J connectivity index is 0.000000921. The van der Waals surface area contributed by atoms with Gasteiger partial charge in [0.05, 0.1) is 0 Å². The number of likely N-dealkylation sites (tertiary alicyclic amines) is 1. The van der Waals surface area contributed by atoms with E-state index in [1.54, 1.807) is 4.90 Å². The normalized spacial score (nSPS) is 14.3. The Bertz CT molecular complexity index is 379. The molecule has 0 aliphatic carbocycles. The van der Waals surface area contributed by atoms with Crippen LogP contribution in [0, 0.1) is 12.8 Å². The van der Waals surface area contributed by atoms with E-state index in [1.165, 1.54) is 0 Å². The van der Waals surface area contributed by atoms with E-state index in [4.69, 9.17) is 4.74 Å². The van der Waals surface area contributed by atoms with Gasteiger partial charge in [-0.25, -0.2) is 4.79 Å². The maximum Gasteiger partial charge on any atom is 0.415 e. The number of carbonyl (C=O) groups excluding carboxylic acids is 1. The molecule has 1 aromatic carbocycles. The molecule has 2 rings (SSSR count). The zero-order chi connectivity index (χ0) is 16.3. The van der Waals surface area contributed by atoms with Crippen LogP contribution >= 0.6 is 0 Å². The number of rotatable bonds is 1. The van der Waals surface area contributed by atoms with E-state index in [0.29, 0.717) is 5.75 Å². The molecule has 3 heteroatoms. The topological polar surface area (TPSA) is 29.5 Å². The molecule has 1 aliphatic heterocycles. The summed E-state index contributed by atoms with van der Waals surface area (Å²) < 4.78 is 5.33. The maximum atomic E-state index is 11.9. The Kier molecular flexibility index (Phi) is 10.4. The summed E-state index contributed by atoms with van der Waals surface area (Å²) in [5, 5.41) is 0. The minimum Gasteiger partial charge on any atom is -0.410 e. The van der Waals surface area contributed by atoms with Crippen molar-refractivity contribution in [2.75, 3.05) is 13.1 Å². The van der Waals surface area contributed by atoms with Crippen LogP contribution in [0.5, 0.6) is 5.75 Å². The molecule has 1 heterocycles. The molecule has 0 radical (unpaired) electrons. The van der Waals surface area contributed by atoms with Crippen LogP contribution in [-0.2, 0) is 0 Å². The van der Waals surface area contributed by atoms with Gasteiger partial charge in [-0.05, 0) is 37.8 Å². The number of hydrogen-bond acceptors (Lipinski definition) is 2. The van der Waals surface area contributed by atoms with Gasteiger partial charge in [-0.3, -0.25) is 0 Å². The van der Waals surface area contributed by atoms with Gasteiger partial charge in [0.1, 0.15) is 5.75 Å². The molecule has 1 aliphatic rings. The summed E-state index contributed by atoms with van der Waals surface area (Å²) in [7, 11) is 0. The molecule has 21 heavy (non-hydrogen) atoms. The molecule has 0 saturated carbocycles. The zero-order valence-corrected chi connectivity index (χ0v) is 14.5. The fraction of sp³-hybridized carbons (Fsp3) is 0.611. The summed E-state index contributed by atoms with van der Waals surface area (Å²) in [5.41, 5.74) is 1.16. The Morgan fingerprint density at radius 3 is 2.00 bits per heavy atom. The van der Waals surface area contributed by atoms with Gasteiger partial charge >= 0.3 is 6.09 Å². The third-order valence-electron chi connectivity index (χ3n) is 3.27. The van der Waals surface area contributed by atoms with Crippen LogP contribution in [0.4, 0.5) is 4.79 Å². The SMILES string of the molecule is CC.CC.Cc1ccc(OC(=O)N2CCC(C)CC2)cc1. The Morgan fingerprint density at radius 1 is 1.05 bits per heavy atom. The number of aryl methyl sites for hydroxylation is 1. The van der Waals surface area contributed by atoms with Crippen LogP contribution in [-0.4, -0.2) is 24.1 Å². The van der Waals surface area contributed by atoms with E-state index in [9.17, 15) is 4.79 Å². The van der Waals surface area contributed by atoms with Crippen LogP contribution < -0.4 is 4.74 Å². The number of ether oxygens (including phenoxy) is 1. The van der Waals surface area contributed by atoms with Crippen molar-refractivity contribution in [2.24, 2.45) is 5.92 Å². The fourth-order valence-electron chi connectivity index (χ4n) is 1.96. The van der Waals surface area contributed by atoms with E-state index in [2.05, 4.69) is 6.92 Å². The number of hydrogen-bond donors (Lipinski definition) is 0. The predicted molar refractivity (Wildman–Crippen MR) is 89.9 cm³/mol. The number of nitrogens with zero attached hydrogens (tertiary/aromatic N) is 1. The van der Waals surface area contributed by atoms with Gasteiger partial charge in [0, 0.05) is 13.1 Å². The number of carbonyl (C=O) groups is 1. The first kappa shape index (κ1) is 19.5. The molecular weight excluding hydrogens is 262 g/mol. The molecule has 0 aromatic heterocycles. The molecule has 0 atom stereocenters. The zero-order valence-electron chi connectivity index (χ0n) is 14.5. The molecule has 0 spiro atoms. The lowest BCUT2D eigenvalue weighted by atomic mass is 10.00. The molecule has 1 saturated heterocycles. The van der Waals surface area contributed by atoms with Gasteiger partial charge in [-0.1, -0.05) is 52.3 Å². The van der Waals surface area contributed by atoms with E-state index in [-0.39, 0.29) is 6.09 Å². The summed E-state index contributed by atoms with van der Waals surface area (Å²) in [4.78, 5) is 13.7. The van der Waals surface area contributed by atoms with Crippen molar-refractivity contribution in [2.45, 2.75) is 54.4 Å². The highest BCUT2D eigenvalue weighted by Crippen LogP contribution is 2.18. The highest BCUT2D eigenvalue weighted by molar-refractivity contribution is 5.70. The number of amides is 1. The van der Waals surface area contributed by atoms with Crippen LogP contribution in [0.1, 0.15) is 53.0 Å². The Morgan fingerprint density at radius 2 is 1.52 bits per heavy atom. The molecule has 1 aromatic rings. The highest BCUT2D eigenvalue weighted by Gasteiger charge is 2.21. The van der Waals surface area contributed by atoms with Crippen molar-refractivity contribution >= 4 is 6.09 Å². The molecular formula is C18H31NO2. The molecule has 0 bridgehead atoms. The lowest BCUT2D eigenvalue weighted by Gasteiger charge is -2.29. The van der Waals surface area contributed by atoms with Crippen LogP contribution in [0.2, 0.25) is 0 Å². The minimum absolute atomic E-state index is 0.222. The third-order valence-corrected chi connectivity index (χ3v) is 3.27. The quantitative estimate of drug-likeness (QED) is 0.705. The average Bonchev–Trinajstić information content (AvgIpc) is 2.54. The summed E-state index contributed by atoms with van der Waals surface area (Å²) in [5.74, 6) is 1.35. The molecule has 1 fully saturated rings. The summed E-state index contributed by atoms with van der Waals surface area (Å²) >= 11 is 0. The van der Waals surface area contributed by atoms with Gasteiger partial charge in [-0.15, -0.1) is 0 Å². The maximum absolute atomic E-state index is 11.9. The fourth-order valence-corrected chi connectivity index (χ4v) is 1.96. The van der Waals surface area contributed by atoms with Gasteiger partial charge in [0.2, 0.25) is 0 Å². The molecule has 0 unspecified atom stereocenters. The van der Waals surface area contributed by atoms with Gasteiger partial charge in [-0.2, -0.15) is 0 Å². The monoisotopic (exact) mass is 293 g/mol. The van der Waals surface area contributed by atoms with Gasteiger partial charge in [0.25, 0.3) is 0 Å². The van der Waals surface area contributed by atoms with Crippen LogP contribution in [0.3, 0.4) is 0 Å². The van der Waals surface area contributed by atoms with E-state index in [0.717, 1.165) is 37.4 Å². The average molecular weight is 293 g/mol. The Labute approximate surface area is 130 Å². The van der Waals surface area contributed by atoms with Crippen molar-refractivity contribution in [3.8, 4) is 5.75 Å². The number of piperidine rings is 1. The lowest BCUT2D eigenvalue weighted by molar-refractivity contribution is 0.133. The van der Waals surface area contributed by atoms with E-state index >= 15 is 0 Å². The molecule has 3 nitrogen and oxygen atoms in total. The van der Waals surface area contributed by atoms with Crippen molar-refractivity contribution in [3.63, 3.8) is 0 Å². The smallest absolute Gasteiger partial charge is 0.410 e. The van der Waals surface area contributed by atoms with Crippen molar-refractivity contribution < 1.29 is 9.53 Å². The van der Waals surface area contributed by atoms with Crippen molar-refractivity contribution in [1.29, 1.82) is 0 Å². The van der Waals surface area contributed by atoms with E-state index < -0.39 is 0 Å². The second kappa shape index (κ2) is 11.2. The van der Waals surface area contributed by atoms with Gasteiger partial charge in [0.15, 0.2) is 0 Å². The predicted octanol–water partition coefficient (Wildman–Crippen LogP) is 5.28. The lowest BCUT2D eigenvalue weighted by Crippen LogP contribution is -2.39. The first-order valence-electron chi connectivity index (χ1n) is 8.18. The highest BCUT2D eigenvalue weighted by atomic mass is 16.6. The van der Waals surface area contributed by atoms with Gasteiger partial charge < -0.3 is 9.64 Å². The van der Waals surface area contributed by atoms with Crippen molar-refractivity contribution in [3.05, 3.63) is 29.8 Å². The summed E-state index contributed by atoms with van der Waals surface area (Å²) in [6.07, 6.45) is 1.92. The first-order chi connectivity index (χ1) is 10.1. The number of benzene rings is 1. The van der Waals surface area contributed by atoms with E-state index in [1.807, 2.05) is 58.9 Å². The largest absolute Gasteiger partial charge is 0.415 e.